The van der Waals surface area contributed by atoms with Crippen molar-refractivity contribution >= 4 is 18.3 Å². The highest BCUT2D eigenvalue weighted by atomic mass is 35.5. The minimum atomic E-state index is -0.353. The number of carbonyl (C=O) groups excluding carboxylic acids is 1. The second-order valence-electron chi connectivity index (χ2n) is 3.64. The van der Waals surface area contributed by atoms with Gasteiger partial charge in [0.15, 0.2) is 0 Å². The minimum Gasteiger partial charge on any atom is -0.367 e. The Morgan fingerprint density at radius 2 is 2.29 bits per heavy atom. The van der Waals surface area contributed by atoms with Gasteiger partial charge in [0.1, 0.15) is 0 Å². The number of hydrogen-bond acceptors (Lipinski definition) is 2. The lowest BCUT2D eigenvalue weighted by Gasteiger charge is -2.23. The first-order valence-electron chi connectivity index (χ1n) is 4.20. The van der Waals surface area contributed by atoms with E-state index in [9.17, 15) is 4.79 Å². The first-order valence-corrected chi connectivity index (χ1v) is 4.20. The van der Waals surface area contributed by atoms with Crippen LogP contribution in [0.1, 0.15) is 24.2 Å². The van der Waals surface area contributed by atoms with Crippen molar-refractivity contribution in [2.75, 3.05) is 6.54 Å². The molecule has 0 bridgehead atoms. The van der Waals surface area contributed by atoms with Crippen molar-refractivity contribution in [2.45, 2.75) is 19.4 Å². The summed E-state index contributed by atoms with van der Waals surface area (Å²) in [4.78, 5) is 14.3. The fourth-order valence-electron chi connectivity index (χ4n) is 0.896. The van der Waals surface area contributed by atoms with Crippen molar-refractivity contribution in [1.82, 2.24) is 10.3 Å². The Labute approximate surface area is 89.7 Å². The van der Waals surface area contributed by atoms with Crippen LogP contribution in [0.3, 0.4) is 0 Å². The van der Waals surface area contributed by atoms with Crippen LogP contribution in [-0.4, -0.2) is 23.0 Å². The van der Waals surface area contributed by atoms with E-state index in [0.717, 1.165) is 0 Å². The van der Waals surface area contributed by atoms with Crippen molar-refractivity contribution in [2.24, 2.45) is 5.73 Å². The Balaban J connectivity index is 0.00000169. The quantitative estimate of drug-likeness (QED) is 0.704. The monoisotopic (exact) mass is 217 g/mol. The zero-order valence-electron chi connectivity index (χ0n) is 8.33. The molecule has 1 aromatic heterocycles. The predicted octanol–water partition coefficient (Wildman–Crippen LogP) is 0.904. The third-order valence-electron chi connectivity index (χ3n) is 1.82. The van der Waals surface area contributed by atoms with Crippen molar-refractivity contribution in [3.8, 4) is 0 Å². The normalized spacial score (nSPS) is 10.5. The van der Waals surface area contributed by atoms with Crippen LogP contribution < -0.4 is 11.1 Å². The fraction of sp³-hybridized carbons (Fsp3) is 0.444. The van der Waals surface area contributed by atoms with Crippen molar-refractivity contribution in [3.63, 3.8) is 0 Å². The van der Waals surface area contributed by atoms with Gasteiger partial charge in [-0.05, 0) is 19.9 Å². The summed E-state index contributed by atoms with van der Waals surface area (Å²) < 4.78 is 0. The number of amides is 1. The second kappa shape index (κ2) is 5.02. The molecule has 0 aromatic carbocycles. The van der Waals surface area contributed by atoms with Crippen LogP contribution >= 0.6 is 12.4 Å². The number of nitrogens with two attached hydrogens (primary N) is 1. The van der Waals surface area contributed by atoms with E-state index in [0.29, 0.717) is 12.1 Å². The van der Waals surface area contributed by atoms with E-state index in [-0.39, 0.29) is 23.9 Å². The molecule has 0 aliphatic carbocycles. The lowest BCUT2D eigenvalue weighted by Crippen LogP contribution is -2.48. The Morgan fingerprint density at radius 3 is 2.71 bits per heavy atom. The molecular weight excluding hydrogens is 202 g/mol. The molecule has 1 rings (SSSR count). The van der Waals surface area contributed by atoms with Crippen LogP contribution in [-0.2, 0) is 0 Å². The highest BCUT2D eigenvalue weighted by molar-refractivity contribution is 5.94. The van der Waals surface area contributed by atoms with Crippen LogP contribution in [0, 0.1) is 0 Å². The Kier molecular flexibility index (Phi) is 4.67. The van der Waals surface area contributed by atoms with Gasteiger partial charge in [0.05, 0.1) is 5.56 Å². The van der Waals surface area contributed by atoms with Crippen LogP contribution in [0.5, 0.6) is 0 Å². The van der Waals surface area contributed by atoms with E-state index in [4.69, 9.17) is 5.73 Å². The molecule has 4 nitrogen and oxygen atoms in total. The van der Waals surface area contributed by atoms with Crippen LogP contribution in [0.25, 0.3) is 0 Å². The molecule has 1 amide bonds. The number of hydrogen-bond donors (Lipinski definition) is 3. The summed E-state index contributed by atoms with van der Waals surface area (Å²) in [6, 6.07) is 1.72. The molecule has 0 radical (unpaired) electrons. The maximum atomic E-state index is 11.5. The molecule has 0 atom stereocenters. The summed E-state index contributed by atoms with van der Waals surface area (Å²) in [5.74, 6) is -0.100. The molecule has 5 heteroatoms. The molecule has 14 heavy (non-hydrogen) atoms. The lowest BCUT2D eigenvalue weighted by atomic mass is 10.1. The molecule has 0 saturated carbocycles. The van der Waals surface area contributed by atoms with Crippen molar-refractivity contribution in [1.29, 1.82) is 0 Å². The first kappa shape index (κ1) is 13.0. The molecule has 0 spiro atoms. The van der Waals surface area contributed by atoms with Crippen molar-refractivity contribution in [3.05, 3.63) is 24.0 Å². The van der Waals surface area contributed by atoms with Crippen molar-refractivity contribution < 1.29 is 4.79 Å². The minimum absolute atomic E-state index is 0. The molecule has 0 aliphatic rings. The van der Waals surface area contributed by atoms with Gasteiger partial charge in [-0.25, -0.2) is 0 Å². The third kappa shape index (κ3) is 3.40. The molecule has 4 N–H and O–H groups in total. The van der Waals surface area contributed by atoms with Gasteiger partial charge in [-0.1, -0.05) is 0 Å². The smallest absolute Gasteiger partial charge is 0.253 e. The van der Waals surface area contributed by atoms with E-state index in [1.807, 2.05) is 13.8 Å². The van der Waals surface area contributed by atoms with E-state index >= 15 is 0 Å². The second-order valence-corrected chi connectivity index (χ2v) is 3.64. The topological polar surface area (TPSA) is 70.9 Å². The van der Waals surface area contributed by atoms with E-state index in [1.54, 1.807) is 18.5 Å². The van der Waals surface area contributed by atoms with E-state index < -0.39 is 0 Å². The Morgan fingerprint density at radius 1 is 1.64 bits per heavy atom. The molecule has 0 unspecified atom stereocenters. The third-order valence-corrected chi connectivity index (χ3v) is 1.82. The number of H-pyrrole nitrogens is 1. The Bertz CT molecular complexity index is 282. The van der Waals surface area contributed by atoms with Gasteiger partial charge in [-0.2, -0.15) is 0 Å². The van der Waals surface area contributed by atoms with Gasteiger partial charge < -0.3 is 16.0 Å². The number of aromatic nitrogens is 1. The average molecular weight is 218 g/mol. The molecule has 1 heterocycles. The molecular formula is C9H16ClN3O. The molecule has 0 aliphatic heterocycles. The summed E-state index contributed by atoms with van der Waals surface area (Å²) in [5, 5.41) is 2.82. The summed E-state index contributed by atoms with van der Waals surface area (Å²) in [5.41, 5.74) is 5.76. The van der Waals surface area contributed by atoms with Gasteiger partial charge >= 0.3 is 0 Å². The average Bonchev–Trinajstić information content (AvgIpc) is 2.55. The summed E-state index contributed by atoms with van der Waals surface area (Å²) >= 11 is 0. The van der Waals surface area contributed by atoms with Gasteiger partial charge in [-0.3, -0.25) is 4.79 Å². The van der Waals surface area contributed by atoms with Gasteiger partial charge in [0.25, 0.3) is 5.91 Å². The number of halogens is 1. The van der Waals surface area contributed by atoms with Crippen LogP contribution in [0.15, 0.2) is 18.5 Å². The highest BCUT2D eigenvalue weighted by Gasteiger charge is 2.18. The largest absolute Gasteiger partial charge is 0.367 e. The van der Waals surface area contributed by atoms with E-state index in [2.05, 4.69) is 10.3 Å². The maximum absolute atomic E-state index is 11.5. The van der Waals surface area contributed by atoms with Crippen LogP contribution in [0.4, 0.5) is 0 Å². The molecule has 80 valence electrons. The Hall–Kier alpha value is -1.00. The van der Waals surface area contributed by atoms with Crippen LogP contribution in [0.2, 0.25) is 0 Å². The van der Waals surface area contributed by atoms with Gasteiger partial charge in [0, 0.05) is 24.5 Å². The number of aromatic amines is 1. The molecule has 1 aromatic rings. The SMILES string of the molecule is CC(C)(CN)NC(=O)c1cc[nH]c1.Cl. The standard InChI is InChI=1S/C9H15N3O.ClH/c1-9(2,6-10)12-8(13)7-3-4-11-5-7;/h3-5,11H,6,10H2,1-2H3,(H,12,13);1H. The number of rotatable bonds is 3. The van der Waals surface area contributed by atoms with Gasteiger partial charge in [0.2, 0.25) is 0 Å². The molecule has 0 saturated heterocycles. The number of nitrogens with one attached hydrogen (secondary N) is 2. The summed E-state index contributed by atoms with van der Waals surface area (Å²) in [6.07, 6.45) is 3.37. The predicted molar refractivity (Wildman–Crippen MR) is 58.6 cm³/mol. The zero-order valence-corrected chi connectivity index (χ0v) is 9.15. The highest BCUT2D eigenvalue weighted by Crippen LogP contribution is 2.02. The maximum Gasteiger partial charge on any atom is 0.253 e. The zero-order chi connectivity index (χ0) is 9.90. The fourth-order valence-corrected chi connectivity index (χ4v) is 0.896. The first-order chi connectivity index (χ1) is 6.05. The number of carbonyl (C=O) groups is 1. The lowest BCUT2D eigenvalue weighted by molar-refractivity contribution is 0.0916. The van der Waals surface area contributed by atoms with Gasteiger partial charge in [-0.15, -0.1) is 12.4 Å². The molecule has 0 fully saturated rings. The summed E-state index contributed by atoms with van der Waals surface area (Å²) in [7, 11) is 0. The summed E-state index contributed by atoms with van der Waals surface area (Å²) in [6.45, 7) is 4.19. The van der Waals surface area contributed by atoms with E-state index in [1.165, 1.54) is 0 Å².